The molecule has 3 rings (SSSR count). The minimum Gasteiger partial charge on any atom is -0.357 e. The van der Waals surface area contributed by atoms with Crippen LogP contribution in [0.3, 0.4) is 0 Å². The molecule has 0 spiro atoms. The van der Waals surface area contributed by atoms with E-state index in [0.29, 0.717) is 6.54 Å². The average Bonchev–Trinajstić information content (AvgIpc) is 3.02. The molecule has 1 aliphatic heterocycles. The molecule has 1 amide bonds. The zero-order valence-electron chi connectivity index (χ0n) is 14.2. The van der Waals surface area contributed by atoms with Crippen LogP contribution < -0.4 is 10.2 Å². The van der Waals surface area contributed by atoms with Crippen molar-refractivity contribution in [2.24, 2.45) is 0 Å². The van der Waals surface area contributed by atoms with Gasteiger partial charge in [-0.3, -0.25) is 9.48 Å². The van der Waals surface area contributed by atoms with Crippen molar-refractivity contribution < 1.29 is 4.79 Å². The molecule has 128 valence electrons. The number of nitrogens with one attached hydrogen (secondary N) is 1. The second-order valence-corrected chi connectivity index (χ2v) is 6.31. The van der Waals surface area contributed by atoms with Crippen molar-refractivity contribution in [3.63, 3.8) is 0 Å². The molecule has 0 aliphatic carbocycles. The lowest BCUT2D eigenvalue weighted by molar-refractivity contribution is -0.124. The van der Waals surface area contributed by atoms with Crippen molar-refractivity contribution in [2.45, 2.75) is 45.2 Å². The standard InChI is InChI=1S/C18H25N5O/c1-15(23-12-6-9-21-23)18(24)20-14-16-7-8-17(19-13-16)22-10-4-2-3-5-11-22/h6-9,12-13,15H,2-5,10-11,14H2,1H3,(H,20,24)/t15-/m0/s1. The van der Waals surface area contributed by atoms with E-state index in [1.165, 1.54) is 25.7 Å². The van der Waals surface area contributed by atoms with Crippen LogP contribution in [0.5, 0.6) is 0 Å². The molecule has 1 atom stereocenters. The number of hydrogen-bond donors (Lipinski definition) is 1. The zero-order valence-corrected chi connectivity index (χ0v) is 14.2. The van der Waals surface area contributed by atoms with Gasteiger partial charge >= 0.3 is 0 Å². The maximum absolute atomic E-state index is 12.2. The van der Waals surface area contributed by atoms with E-state index in [0.717, 1.165) is 24.5 Å². The Labute approximate surface area is 142 Å². The lowest BCUT2D eigenvalue weighted by Gasteiger charge is -2.21. The summed E-state index contributed by atoms with van der Waals surface area (Å²) in [5, 5.41) is 7.04. The molecular formula is C18H25N5O. The van der Waals surface area contributed by atoms with Gasteiger partial charge in [0, 0.05) is 38.2 Å². The van der Waals surface area contributed by atoms with Gasteiger partial charge in [-0.25, -0.2) is 4.98 Å². The first kappa shape index (κ1) is 16.5. The molecule has 1 saturated heterocycles. The topological polar surface area (TPSA) is 63.1 Å². The van der Waals surface area contributed by atoms with E-state index in [2.05, 4.69) is 26.4 Å². The Bertz CT molecular complexity index is 630. The quantitative estimate of drug-likeness (QED) is 0.916. The highest BCUT2D eigenvalue weighted by atomic mass is 16.2. The van der Waals surface area contributed by atoms with Gasteiger partial charge in [-0.15, -0.1) is 0 Å². The predicted octanol–water partition coefficient (Wildman–Crippen LogP) is 2.54. The van der Waals surface area contributed by atoms with E-state index in [1.54, 1.807) is 17.1 Å². The van der Waals surface area contributed by atoms with E-state index < -0.39 is 0 Å². The minimum absolute atomic E-state index is 0.0460. The molecule has 0 aromatic carbocycles. The highest BCUT2D eigenvalue weighted by molar-refractivity contribution is 5.79. The fraction of sp³-hybridized carbons (Fsp3) is 0.500. The Morgan fingerprint density at radius 1 is 1.25 bits per heavy atom. The Kier molecular flexibility index (Phi) is 5.46. The molecule has 0 radical (unpaired) electrons. The molecule has 6 heteroatoms. The first-order valence-corrected chi connectivity index (χ1v) is 8.71. The molecule has 24 heavy (non-hydrogen) atoms. The highest BCUT2D eigenvalue weighted by Crippen LogP contribution is 2.17. The smallest absolute Gasteiger partial charge is 0.244 e. The van der Waals surface area contributed by atoms with E-state index >= 15 is 0 Å². The van der Waals surface area contributed by atoms with E-state index in [9.17, 15) is 4.79 Å². The van der Waals surface area contributed by atoms with Crippen molar-refractivity contribution in [3.8, 4) is 0 Å². The van der Waals surface area contributed by atoms with Crippen LogP contribution in [0, 0.1) is 0 Å². The summed E-state index contributed by atoms with van der Waals surface area (Å²) in [7, 11) is 0. The number of rotatable bonds is 5. The second-order valence-electron chi connectivity index (χ2n) is 6.31. The fourth-order valence-corrected chi connectivity index (χ4v) is 2.97. The summed E-state index contributed by atoms with van der Waals surface area (Å²) in [4.78, 5) is 19.1. The highest BCUT2D eigenvalue weighted by Gasteiger charge is 2.15. The third-order valence-corrected chi connectivity index (χ3v) is 4.51. The molecule has 0 saturated carbocycles. The summed E-state index contributed by atoms with van der Waals surface area (Å²) in [6.07, 6.45) is 10.4. The molecule has 0 unspecified atom stereocenters. The third-order valence-electron chi connectivity index (χ3n) is 4.51. The molecule has 2 aromatic heterocycles. The molecule has 0 bridgehead atoms. The van der Waals surface area contributed by atoms with Crippen LogP contribution in [0.1, 0.15) is 44.2 Å². The SMILES string of the molecule is C[C@@H](C(=O)NCc1ccc(N2CCCCCC2)nc1)n1cccn1. The Morgan fingerprint density at radius 2 is 2.04 bits per heavy atom. The molecule has 3 heterocycles. The Hall–Kier alpha value is -2.37. The van der Waals surface area contributed by atoms with Crippen molar-refractivity contribution in [2.75, 3.05) is 18.0 Å². The van der Waals surface area contributed by atoms with Gasteiger partial charge in [-0.05, 0) is 37.5 Å². The molecule has 1 fully saturated rings. The van der Waals surface area contributed by atoms with Crippen LogP contribution in [-0.2, 0) is 11.3 Å². The molecular weight excluding hydrogens is 302 g/mol. The van der Waals surface area contributed by atoms with Gasteiger partial charge in [0.25, 0.3) is 0 Å². The molecule has 2 aromatic rings. The van der Waals surface area contributed by atoms with Crippen LogP contribution in [0.2, 0.25) is 0 Å². The van der Waals surface area contributed by atoms with Gasteiger partial charge in [-0.1, -0.05) is 18.9 Å². The minimum atomic E-state index is -0.315. The van der Waals surface area contributed by atoms with Crippen molar-refractivity contribution in [3.05, 3.63) is 42.4 Å². The number of hydrogen-bond acceptors (Lipinski definition) is 4. The van der Waals surface area contributed by atoms with Crippen molar-refractivity contribution in [1.29, 1.82) is 0 Å². The number of carbonyl (C=O) groups is 1. The predicted molar refractivity (Wildman–Crippen MR) is 93.7 cm³/mol. The first-order valence-electron chi connectivity index (χ1n) is 8.71. The first-order chi connectivity index (χ1) is 11.7. The van der Waals surface area contributed by atoms with Gasteiger partial charge in [0.1, 0.15) is 11.9 Å². The van der Waals surface area contributed by atoms with E-state index in [-0.39, 0.29) is 11.9 Å². The van der Waals surface area contributed by atoms with Gasteiger partial charge < -0.3 is 10.2 Å². The number of nitrogens with zero attached hydrogens (tertiary/aromatic N) is 4. The van der Waals surface area contributed by atoms with Crippen LogP contribution in [0.15, 0.2) is 36.8 Å². The normalized spacial score (nSPS) is 16.5. The van der Waals surface area contributed by atoms with E-state index in [1.807, 2.05) is 25.3 Å². The van der Waals surface area contributed by atoms with Crippen LogP contribution in [0.4, 0.5) is 5.82 Å². The summed E-state index contributed by atoms with van der Waals surface area (Å²) in [5.74, 6) is 0.993. The van der Waals surface area contributed by atoms with Crippen LogP contribution in [-0.4, -0.2) is 33.8 Å². The number of amides is 1. The van der Waals surface area contributed by atoms with Gasteiger partial charge in [-0.2, -0.15) is 5.10 Å². The summed E-state index contributed by atoms with van der Waals surface area (Å²) in [6.45, 7) is 4.50. The fourth-order valence-electron chi connectivity index (χ4n) is 2.97. The van der Waals surface area contributed by atoms with Gasteiger partial charge in [0.2, 0.25) is 5.91 Å². The van der Waals surface area contributed by atoms with Crippen LogP contribution >= 0.6 is 0 Å². The number of aromatic nitrogens is 3. The monoisotopic (exact) mass is 327 g/mol. The Morgan fingerprint density at radius 3 is 2.67 bits per heavy atom. The summed E-state index contributed by atoms with van der Waals surface area (Å²) in [5.41, 5.74) is 1.01. The zero-order chi connectivity index (χ0) is 16.8. The summed E-state index contributed by atoms with van der Waals surface area (Å²) < 4.78 is 1.65. The van der Waals surface area contributed by atoms with Crippen LogP contribution in [0.25, 0.3) is 0 Å². The lowest BCUT2D eigenvalue weighted by Crippen LogP contribution is -2.31. The number of anilines is 1. The van der Waals surface area contributed by atoms with E-state index in [4.69, 9.17) is 0 Å². The summed E-state index contributed by atoms with van der Waals surface area (Å²) >= 11 is 0. The maximum atomic E-state index is 12.2. The van der Waals surface area contributed by atoms with Gasteiger partial charge in [0.05, 0.1) is 0 Å². The molecule has 1 aliphatic rings. The molecule has 6 nitrogen and oxygen atoms in total. The Balaban J connectivity index is 1.53. The van der Waals surface area contributed by atoms with Crippen molar-refractivity contribution >= 4 is 11.7 Å². The number of carbonyl (C=O) groups excluding carboxylic acids is 1. The number of pyridine rings is 1. The average molecular weight is 327 g/mol. The largest absolute Gasteiger partial charge is 0.357 e. The maximum Gasteiger partial charge on any atom is 0.244 e. The van der Waals surface area contributed by atoms with Crippen molar-refractivity contribution in [1.82, 2.24) is 20.1 Å². The molecule has 1 N–H and O–H groups in total. The summed E-state index contributed by atoms with van der Waals surface area (Å²) in [6, 6.07) is 5.61. The lowest BCUT2D eigenvalue weighted by atomic mass is 10.2. The van der Waals surface area contributed by atoms with Gasteiger partial charge in [0.15, 0.2) is 0 Å². The second kappa shape index (κ2) is 7.95. The third kappa shape index (κ3) is 4.13.